The Kier molecular flexibility index (Phi) is 10.8. The Labute approximate surface area is 321 Å². The molecule has 1 aliphatic rings. The summed E-state index contributed by atoms with van der Waals surface area (Å²) >= 11 is 1.94. The van der Waals surface area contributed by atoms with E-state index in [1.165, 1.54) is 71.9 Å². The van der Waals surface area contributed by atoms with Gasteiger partial charge in [0.2, 0.25) is 0 Å². The molecule has 2 aromatic heterocycles. The van der Waals surface area contributed by atoms with Crippen molar-refractivity contribution in [2.45, 2.75) is 105 Å². The first-order valence-electron chi connectivity index (χ1n) is 18.1. The number of hydrogen-bond acceptors (Lipinski definition) is 4. The molecule has 1 radical (unpaired) electrons. The first-order valence-corrected chi connectivity index (χ1v) is 18.9. The molecule has 0 saturated heterocycles. The number of allylic oxidation sites excluding steroid dienone is 2. The van der Waals surface area contributed by atoms with Gasteiger partial charge >= 0.3 is 0 Å². The minimum atomic E-state index is -0.0316. The van der Waals surface area contributed by atoms with Gasteiger partial charge in [0.15, 0.2) is 5.78 Å². The van der Waals surface area contributed by atoms with Crippen molar-refractivity contribution in [1.82, 2.24) is 4.98 Å². The van der Waals surface area contributed by atoms with Gasteiger partial charge in [-0.3, -0.25) is 9.78 Å². The predicted molar refractivity (Wildman–Crippen MR) is 216 cm³/mol. The molecule has 0 unspecified atom stereocenters. The van der Waals surface area contributed by atoms with Crippen LogP contribution >= 0.6 is 11.3 Å². The molecule has 0 aliphatic heterocycles. The van der Waals surface area contributed by atoms with Crippen LogP contribution in [0.5, 0.6) is 0 Å². The summed E-state index contributed by atoms with van der Waals surface area (Å²) in [7, 11) is 0. The van der Waals surface area contributed by atoms with Gasteiger partial charge < -0.3 is 5.11 Å². The molecule has 1 aliphatic carbocycles. The van der Waals surface area contributed by atoms with Crippen LogP contribution in [0.15, 0.2) is 78.7 Å². The Morgan fingerprint density at radius 3 is 2.06 bits per heavy atom. The van der Waals surface area contributed by atoms with E-state index in [9.17, 15) is 9.90 Å². The fourth-order valence-corrected chi connectivity index (χ4v) is 8.47. The van der Waals surface area contributed by atoms with Crippen LogP contribution < -0.4 is 0 Å². The molecule has 5 heteroatoms. The van der Waals surface area contributed by atoms with Crippen LogP contribution in [0.3, 0.4) is 0 Å². The molecule has 0 bridgehead atoms. The second-order valence-electron chi connectivity index (χ2n) is 17.1. The van der Waals surface area contributed by atoms with E-state index in [1.54, 1.807) is 0 Å². The van der Waals surface area contributed by atoms with Crippen LogP contribution in [0.2, 0.25) is 0 Å². The van der Waals surface area contributed by atoms with Crippen molar-refractivity contribution in [1.29, 1.82) is 0 Å². The van der Waals surface area contributed by atoms with Gasteiger partial charge in [0.1, 0.15) is 0 Å². The zero-order chi connectivity index (χ0) is 36.3. The summed E-state index contributed by atoms with van der Waals surface area (Å²) in [5, 5.41) is 16.9. The average Bonchev–Trinajstić information content (AvgIpc) is 3.43. The standard InChI is InChI=1S/C37H36NS.C9H16O2.Ir/c1-35(2,3)29-19-23(18-22-10-8-9-11-24(22)29)33-25-12-13-26-28-20-30-31(37(6,7)16-15-36(30,4)5)21-32(28)39-34(26)27(25)14-17-38-33;1-6(2)8(10)5-9(11)7(3)4;/h8-14,17,19-21H,15-16H2,1-7H3;5-7,10H,1-4H3;/q-1;;/b;8-5-;. The Hall–Kier alpha value is -3.37. The smallest absolute Gasteiger partial charge is 0.161 e. The number of pyridine rings is 1. The van der Waals surface area contributed by atoms with Crippen LogP contribution in [0.1, 0.15) is 106 Å². The first-order chi connectivity index (χ1) is 23.4. The number of nitrogens with zero attached hydrogens (tertiary/aromatic N) is 1. The van der Waals surface area contributed by atoms with Gasteiger partial charge in [0, 0.05) is 70.1 Å². The molecule has 0 saturated carbocycles. The van der Waals surface area contributed by atoms with Crippen molar-refractivity contribution in [2.75, 3.05) is 0 Å². The van der Waals surface area contributed by atoms with E-state index >= 15 is 0 Å². The molecule has 0 amide bonds. The second-order valence-corrected chi connectivity index (χ2v) is 18.2. The van der Waals surface area contributed by atoms with Crippen molar-refractivity contribution < 1.29 is 30.0 Å². The molecule has 2 heterocycles. The van der Waals surface area contributed by atoms with Crippen molar-refractivity contribution in [3.05, 3.63) is 101 Å². The third-order valence-electron chi connectivity index (χ3n) is 10.6. The summed E-state index contributed by atoms with van der Waals surface area (Å²) in [5.74, 6) is 0.161. The molecule has 4 aromatic carbocycles. The summed E-state index contributed by atoms with van der Waals surface area (Å²) in [6.45, 7) is 23.9. The van der Waals surface area contributed by atoms with Crippen LogP contribution in [0.25, 0.3) is 53.0 Å². The monoisotopic (exact) mass is 875 g/mol. The van der Waals surface area contributed by atoms with Gasteiger partial charge in [0.25, 0.3) is 0 Å². The summed E-state index contributed by atoms with van der Waals surface area (Å²) in [4.78, 5) is 16.0. The Morgan fingerprint density at radius 1 is 0.824 bits per heavy atom. The molecule has 0 fully saturated rings. The number of aromatic nitrogens is 1. The zero-order valence-corrected chi connectivity index (χ0v) is 35.3. The quantitative estimate of drug-likeness (QED) is 0.109. The first kappa shape index (κ1) is 38.9. The topological polar surface area (TPSA) is 50.2 Å². The van der Waals surface area contributed by atoms with Crippen LogP contribution in [-0.2, 0) is 41.1 Å². The molecule has 3 nitrogen and oxygen atoms in total. The average molecular weight is 875 g/mol. The van der Waals surface area contributed by atoms with E-state index in [1.807, 2.05) is 45.2 Å². The third kappa shape index (κ3) is 7.45. The van der Waals surface area contributed by atoms with Crippen molar-refractivity contribution >= 4 is 58.8 Å². The zero-order valence-electron chi connectivity index (χ0n) is 32.0. The summed E-state index contributed by atoms with van der Waals surface area (Å²) in [6, 6.07) is 26.5. The van der Waals surface area contributed by atoms with Gasteiger partial charge in [-0.15, -0.1) is 40.5 Å². The fourth-order valence-electron chi connectivity index (χ4n) is 7.22. The SMILES string of the molecule is CC(C)(C)c1cc(-c2nccc3c2ccc2c4cc5c(cc4sc32)C(C)(C)CCC5(C)C)[c-]c2ccccc12.CC(C)C(=O)/C=C(\O)C(C)C.[Ir]. The number of aliphatic hydroxyl groups excluding tert-OH is 1. The number of benzene rings is 4. The van der Waals surface area contributed by atoms with Gasteiger partial charge in [-0.1, -0.05) is 117 Å². The number of hydrogen-bond donors (Lipinski definition) is 1. The predicted octanol–water partition coefficient (Wildman–Crippen LogP) is 13.2. The van der Waals surface area contributed by atoms with Crippen LogP contribution in [0, 0.1) is 17.9 Å². The summed E-state index contributed by atoms with van der Waals surface area (Å²) < 4.78 is 2.76. The Bertz CT molecular complexity index is 2300. The number of carbonyl (C=O) groups is 1. The molecule has 6 aromatic rings. The van der Waals surface area contributed by atoms with Gasteiger partial charge in [-0.25, -0.2) is 0 Å². The van der Waals surface area contributed by atoms with E-state index in [-0.39, 0.29) is 59.7 Å². The number of ketones is 1. The van der Waals surface area contributed by atoms with E-state index in [4.69, 9.17) is 4.98 Å². The Balaban J connectivity index is 0.000000367. The van der Waals surface area contributed by atoms with Gasteiger partial charge in [-0.05, 0) is 69.2 Å². The number of aliphatic hydroxyl groups is 1. The molecular weight excluding hydrogens is 823 g/mol. The van der Waals surface area contributed by atoms with E-state index in [0.717, 1.165) is 16.6 Å². The molecule has 1 N–H and O–H groups in total. The van der Waals surface area contributed by atoms with E-state index < -0.39 is 0 Å². The molecular formula is C46H52IrNO2S-. The minimum absolute atomic E-state index is 0. The van der Waals surface area contributed by atoms with E-state index in [0.29, 0.717) is 0 Å². The minimum Gasteiger partial charge on any atom is -0.512 e. The molecule has 269 valence electrons. The summed E-state index contributed by atoms with van der Waals surface area (Å²) in [5.41, 5.74) is 6.93. The maximum atomic E-state index is 11.0. The van der Waals surface area contributed by atoms with Crippen molar-refractivity contribution in [3.63, 3.8) is 0 Å². The fraction of sp³-hybridized carbons (Fsp3) is 0.391. The number of thiophene rings is 1. The number of carbonyl (C=O) groups excluding carboxylic acids is 1. The van der Waals surface area contributed by atoms with E-state index in [2.05, 4.69) is 115 Å². The number of rotatable bonds is 4. The maximum Gasteiger partial charge on any atom is 0.161 e. The Morgan fingerprint density at radius 2 is 1.43 bits per heavy atom. The molecule has 7 rings (SSSR count). The van der Waals surface area contributed by atoms with Crippen molar-refractivity contribution in [3.8, 4) is 11.3 Å². The largest absolute Gasteiger partial charge is 0.512 e. The van der Waals surface area contributed by atoms with Gasteiger partial charge in [0.05, 0.1) is 5.76 Å². The maximum absolute atomic E-state index is 11.0. The second kappa shape index (κ2) is 14.2. The molecule has 0 atom stereocenters. The summed E-state index contributed by atoms with van der Waals surface area (Å²) in [6.07, 6.45) is 5.77. The number of fused-ring (bicyclic) bond motifs is 7. The van der Waals surface area contributed by atoms with Crippen molar-refractivity contribution in [2.24, 2.45) is 11.8 Å². The van der Waals surface area contributed by atoms with Crippen LogP contribution in [0.4, 0.5) is 0 Å². The van der Waals surface area contributed by atoms with Gasteiger partial charge in [-0.2, -0.15) is 0 Å². The third-order valence-corrected chi connectivity index (χ3v) is 11.8. The molecule has 0 spiro atoms. The van der Waals surface area contributed by atoms with Crippen LogP contribution in [-0.4, -0.2) is 15.9 Å². The normalized spacial score (nSPS) is 15.6. The molecule has 51 heavy (non-hydrogen) atoms.